The maximum Gasteiger partial charge on any atom is 0.344 e. The molecule has 0 bridgehead atoms. The molecule has 0 amide bonds. The van der Waals surface area contributed by atoms with E-state index in [2.05, 4.69) is 19.1 Å². The molecule has 0 saturated carbocycles. The molecule has 3 nitrogen and oxygen atoms in total. The van der Waals surface area contributed by atoms with Crippen molar-refractivity contribution in [3.8, 4) is 17.1 Å². The van der Waals surface area contributed by atoms with E-state index in [0.29, 0.717) is 5.76 Å². The zero-order valence-corrected chi connectivity index (χ0v) is 17.4. The smallest absolute Gasteiger partial charge is 0.344 e. The lowest BCUT2D eigenvalue weighted by Gasteiger charge is -2.22. The molecule has 0 radical (unpaired) electrons. The third kappa shape index (κ3) is 4.34. The molecule has 2 unspecified atom stereocenters. The summed E-state index contributed by atoms with van der Waals surface area (Å²) in [5, 5.41) is 10.6. The summed E-state index contributed by atoms with van der Waals surface area (Å²) in [6.07, 6.45) is 0. The first-order chi connectivity index (χ1) is 14.6. The second-order valence-corrected chi connectivity index (χ2v) is 8.49. The second kappa shape index (κ2) is 9.06. The van der Waals surface area contributed by atoms with E-state index in [4.69, 9.17) is 4.42 Å². The number of rotatable bonds is 6. The van der Waals surface area contributed by atoms with Crippen molar-refractivity contribution in [3.63, 3.8) is 0 Å². The Morgan fingerprint density at radius 2 is 1.33 bits per heavy atom. The summed E-state index contributed by atoms with van der Waals surface area (Å²) in [5.41, 5.74) is 2.61. The van der Waals surface area contributed by atoms with Gasteiger partial charge in [0.1, 0.15) is 11.5 Å². The fourth-order valence-corrected chi connectivity index (χ4v) is 4.81. The van der Waals surface area contributed by atoms with E-state index in [1.165, 1.54) is 6.07 Å². The van der Waals surface area contributed by atoms with Crippen molar-refractivity contribution in [1.82, 2.24) is 0 Å². The van der Waals surface area contributed by atoms with Gasteiger partial charge in [0.15, 0.2) is 0 Å². The van der Waals surface area contributed by atoms with Gasteiger partial charge in [-0.3, -0.25) is 0 Å². The molecule has 1 aromatic heterocycles. The van der Waals surface area contributed by atoms with Gasteiger partial charge in [-0.2, -0.15) is 0 Å². The van der Waals surface area contributed by atoms with Crippen molar-refractivity contribution in [2.75, 3.05) is 0 Å². The van der Waals surface area contributed by atoms with Gasteiger partial charge in [0.05, 0.1) is 10.8 Å². The average molecular weight is 415 g/mol. The van der Waals surface area contributed by atoms with Gasteiger partial charge in [-0.25, -0.2) is 4.79 Å². The van der Waals surface area contributed by atoms with Crippen LogP contribution in [0.1, 0.15) is 34.1 Å². The van der Waals surface area contributed by atoms with Crippen LogP contribution in [-0.4, -0.2) is 5.11 Å². The standard InChI is InChI=1S/C26H22O3S/c1-18(19-11-5-2-6-12-19)30-25(21-15-9-4-10-16-21)24-22(27)17-23(29-26(24)28)20-13-7-3-8-14-20/h2-18,25,27H,1H3. The highest BCUT2D eigenvalue weighted by atomic mass is 32.2. The molecule has 2 atom stereocenters. The van der Waals surface area contributed by atoms with E-state index < -0.39 is 5.63 Å². The zero-order valence-electron chi connectivity index (χ0n) is 16.6. The minimum Gasteiger partial charge on any atom is -0.507 e. The van der Waals surface area contributed by atoms with E-state index in [1.807, 2.05) is 78.9 Å². The molecule has 4 heteroatoms. The van der Waals surface area contributed by atoms with Crippen LogP contribution in [0.3, 0.4) is 0 Å². The fourth-order valence-electron chi connectivity index (χ4n) is 3.42. The lowest BCUT2D eigenvalue weighted by atomic mass is 10.0. The SMILES string of the molecule is CC(SC(c1ccccc1)c1c(O)cc(-c2ccccc2)oc1=O)c1ccccc1. The first-order valence-corrected chi connectivity index (χ1v) is 10.8. The Morgan fingerprint density at radius 1 is 0.800 bits per heavy atom. The Kier molecular flexibility index (Phi) is 6.05. The number of hydrogen-bond donors (Lipinski definition) is 1. The molecule has 0 saturated heterocycles. The molecule has 30 heavy (non-hydrogen) atoms. The summed E-state index contributed by atoms with van der Waals surface area (Å²) in [6, 6.07) is 30.7. The first kappa shape index (κ1) is 20.0. The number of aromatic hydroxyl groups is 1. The van der Waals surface area contributed by atoms with Crippen LogP contribution in [0.2, 0.25) is 0 Å². The molecule has 150 valence electrons. The fraction of sp³-hybridized carbons (Fsp3) is 0.115. The summed E-state index contributed by atoms with van der Waals surface area (Å²) < 4.78 is 5.64. The van der Waals surface area contributed by atoms with Gasteiger partial charge >= 0.3 is 5.63 Å². The van der Waals surface area contributed by atoms with Crippen molar-refractivity contribution in [2.24, 2.45) is 0 Å². The summed E-state index contributed by atoms with van der Waals surface area (Å²) in [7, 11) is 0. The van der Waals surface area contributed by atoms with E-state index in [0.717, 1.165) is 16.7 Å². The molecule has 1 heterocycles. The van der Waals surface area contributed by atoms with Gasteiger partial charge in [0.25, 0.3) is 0 Å². The monoisotopic (exact) mass is 414 g/mol. The van der Waals surface area contributed by atoms with Gasteiger partial charge < -0.3 is 9.52 Å². The Morgan fingerprint density at radius 3 is 1.90 bits per heavy atom. The van der Waals surface area contributed by atoms with Crippen molar-refractivity contribution in [1.29, 1.82) is 0 Å². The molecule has 1 N–H and O–H groups in total. The van der Waals surface area contributed by atoms with Crippen molar-refractivity contribution in [3.05, 3.63) is 124 Å². The summed E-state index contributed by atoms with van der Waals surface area (Å²) in [6.45, 7) is 2.10. The van der Waals surface area contributed by atoms with Crippen LogP contribution in [0, 0.1) is 0 Å². The highest BCUT2D eigenvalue weighted by molar-refractivity contribution is 7.99. The third-order valence-corrected chi connectivity index (χ3v) is 6.46. The van der Waals surface area contributed by atoms with Gasteiger partial charge in [-0.15, -0.1) is 11.8 Å². The summed E-state index contributed by atoms with van der Waals surface area (Å²) in [4.78, 5) is 13.0. The van der Waals surface area contributed by atoms with Crippen LogP contribution in [0.15, 0.2) is 106 Å². The molecule has 0 aliphatic heterocycles. The summed E-state index contributed by atoms with van der Waals surface area (Å²) >= 11 is 1.61. The van der Waals surface area contributed by atoms with Crippen LogP contribution in [-0.2, 0) is 0 Å². The molecule has 3 aromatic carbocycles. The largest absolute Gasteiger partial charge is 0.507 e. The van der Waals surface area contributed by atoms with Crippen molar-refractivity contribution in [2.45, 2.75) is 17.4 Å². The van der Waals surface area contributed by atoms with Crippen molar-refractivity contribution >= 4 is 11.8 Å². The van der Waals surface area contributed by atoms with Crippen LogP contribution in [0.25, 0.3) is 11.3 Å². The molecule has 0 spiro atoms. The van der Waals surface area contributed by atoms with E-state index >= 15 is 0 Å². The average Bonchev–Trinajstić information content (AvgIpc) is 2.79. The minimum absolute atomic E-state index is 0.0493. The Hall–Kier alpha value is -3.24. The molecule has 0 fully saturated rings. The summed E-state index contributed by atoms with van der Waals surface area (Å²) in [5.74, 6) is 0.307. The zero-order chi connectivity index (χ0) is 20.9. The Bertz CT molecular complexity index is 1160. The molecule has 4 rings (SSSR count). The maximum absolute atomic E-state index is 13.0. The second-order valence-electron chi connectivity index (χ2n) is 7.04. The lowest BCUT2D eigenvalue weighted by molar-refractivity contribution is 0.442. The Balaban J connectivity index is 1.77. The molecular weight excluding hydrogens is 392 g/mol. The predicted octanol–water partition coefficient (Wildman–Crippen LogP) is 6.60. The van der Waals surface area contributed by atoms with Crippen LogP contribution >= 0.6 is 11.8 Å². The van der Waals surface area contributed by atoms with E-state index in [9.17, 15) is 9.90 Å². The third-order valence-electron chi connectivity index (χ3n) is 5.00. The first-order valence-electron chi connectivity index (χ1n) is 9.81. The van der Waals surface area contributed by atoms with Crippen molar-refractivity contribution < 1.29 is 9.52 Å². The van der Waals surface area contributed by atoms with Crippen LogP contribution in [0.5, 0.6) is 5.75 Å². The van der Waals surface area contributed by atoms with Crippen LogP contribution in [0.4, 0.5) is 0 Å². The van der Waals surface area contributed by atoms with Gasteiger partial charge in [-0.1, -0.05) is 91.0 Å². The van der Waals surface area contributed by atoms with Crippen LogP contribution < -0.4 is 5.63 Å². The Labute approximate surface area is 180 Å². The predicted molar refractivity (Wildman–Crippen MR) is 123 cm³/mol. The number of hydrogen-bond acceptors (Lipinski definition) is 4. The van der Waals surface area contributed by atoms with E-state index in [1.54, 1.807) is 11.8 Å². The van der Waals surface area contributed by atoms with Gasteiger partial charge in [0, 0.05) is 16.9 Å². The number of benzene rings is 3. The lowest BCUT2D eigenvalue weighted by Crippen LogP contribution is -2.13. The molecular formula is C26H22O3S. The quantitative estimate of drug-likeness (QED) is 0.386. The van der Waals surface area contributed by atoms with Gasteiger partial charge in [0.2, 0.25) is 0 Å². The topological polar surface area (TPSA) is 50.4 Å². The normalized spacial score (nSPS) is 13.0. The maximum atomic E-state index is 13.0. The highest BCUT2D eigenvalue weighted by Crippen LogP contribution is 2.45. The van der Waals surface area contributed by atoms with Gasteiger partial charge in [-0.05, 0) is 18.1 Å². The van der Waals surface area contributed by atoms with E-state index in [-0.39, 0.29) is 21.8 Å². The molecule has 0 aliphatic carbocycles. The minimum atomic E-state index is -0.518. The molecule has 0 aliphatic rings. The molecule has 4 aromatic rings. The number of thioether (sulfide) groups is 1. The highest BCUT2D eigenvalue weighted by Gasteiger charge is 2.26.